The number of carbonyl (C=O) groups excluding carboxylic acids is 3. The molecule has 172 valence electrons. The van der Waals surface area contributed by atoms with Gasteiger partial charge in [0.25, 0.3) is 11.7 Å². The van der Waals surface area contributed by atoms with Crippen LogP contribution in [0.25, 0.3) is 0 Å². The van der Waals surface area contributed by atoms with E-state index in [1.807, 2.05) is 24.3 Å². The molecule has 0 radical (unpaired) electrons. The first kappa shape index (κ1) is 22.3. The van der Waals surface area contributed by atoms with Crippen LogP contribution in [0.15, 0.2) is 60.3 Å². The number of hydrogen-bond donors (Lipinski definition) is 2. The van der Waals surface area contributed by atoms with E-state index in [-0.39, 0.29) is 11.5 Å². The lowest BCUT2D eigenvalue weighted by Gasteiger charge is -2.30. The molecule has 2 aliphatic rings. The van der Waals surface area contributed by atoms with Crippen molar-refractivity contribution in [3.05, 3.63) is 65.9 Å². The Kier molecular flexibility index (Phi) is 6.32. The molecule has 0 aliphatic carbocycles. The standard InChI is InChI=1S/C24H25N3O6/c1-24(2)32-22(29)17(23(30)33-24)15-25-18-8-4-3-7-16(18)21(28)26-19-9-5-6-10-20(19)27-11-13-31-14-12-27/h3-10,15,25H,11-14H2,1-2H3,(H,26,28). The average molecular weight is 451 g/mol. The van der Waals surface area contributed by atoms with Gasteiger partial charge in [0.15, 0.2) is 5.57 Å². The van der Waals surface area contributed by atoms with Crippen molar-refractivity contribution in [2.45, 2.75) is 19.6 Å². The van der Waals surface area contributed by atoms with Gasteiger partial charge in [-0.1, -0.05) is 24.3 Å². The molecule has 0 saturated carbocycles. The number of nitrogens with zero attached hydrogens (tertiary/aromatic N) is 1. The highest BCUT2D eigenvalue weighted by Crippen LogP contribution is 2.28. The molecule has 2 heterocycles. The van der Waals surface area contributed by atoms with Gasteiger partial charge in [0.2, 0.25) is 0 Å². The van der Waals surface area contributed by atoms with Crippen molar-refractivity contribution in [1.29, 1.82) is 0 Å². The Balaban J connectivity index is 1.53. The lowest BCUT2D eigenvalue weighted by Crippen LogP contribution is -2.42. The quantitative estimate of drug-likeness (QED) is 0.406. The summed E-state index contributed by atoms with van der Waals surface area (Å²) in [6.07, 6.45) is 1.19. The molecule has 2 aromatic carbocycles. The molecule has 33 heavy (non-hydrogen) atoms. The maximum atomic E-state index is 13.1. The van der Waals surface area contributed by atoms with Gasteiger partial charge in [-0.05, 0) is 24.3 Å². The Morgan fingerprint density at radius 2 is 1.55 bits per heavy atom. The third-order valence-corrected chi connectivity index (χ3v) is 5.16. The number of amides is 1. The number of morpholine rings is 1. The highest BCUT2D eigenvalue weighted by atomic mass is 16.7. The first-order valence-electron chi connectivity index (χ1n) is 10.6. The van der Waals surface area contributed by atoms with Crippen LogP contribution in [0.1, 0.15) is 24.2 Å². The fraction of sp³-hybridized carbons (Fsp3) is 0.292. The van der Waals surface area contributed by atoms with E-state index in [9.17, 15) is 14.4 Å². The predicted molar refractivity (Wildman–Crippen MR) is 122 cm³/mol. The van der Waals surface area contributed by atoms with E-state index in [1.165, 1.54) is 20.0 Å². The van der Waals surface area contributed by atoms with Crippen molar-refractivity contribution < 1.29 is 28.6 Å². The Hall–Kier alpha value is -3.85. The monoisotopic (exact) mass is 451 g/mol. The number of para-hydroxylation sites is 3. The van der Waals surface area contributed by atoms with Crippen LogP contribution in [0.5, 0.6) is 0 Å². The fourth-order valence-electron chi connectivity index (χ4n) is 3.58. The molecule has 9 heteroatoms. The average Bonchev–Trinajstić information content (AvgIpc) is 2.79. The van der Waals surface area contributed by atoms with E-state index in [2.05, 4.69) is 15.5 Å². The van der Waals surface area contributed by atoms with Gasteiger partial charge in [-0.25, -0.2) is 9.59 Å². The van der Waals surface area contributed by atoms with E-state index >= 15 is 0 Å². The third kappa shape index (κ3) is 5.15. The fourth-order valence-corrected chi connectivity index (χ4v) is 3.58. The minimum absolute atomic E-state index is 0.290. The summed E-state index contributed by atoms with van der Waals surface area (Å²) in [5.41, 5.74) is 2.05. The summed E-state index contributed by atoms with van der Waals surface area (Å²) in [7, 11) is 0. The minimum Gasteiger partial charge on any atom is -0.419 e. The van der Waals surface area contributed by atoms with E-state index < -0.39 is 17.7 Å². The van der Waals surface area contributed by atoms with Gasteiger partial charge >= 0.3 is 11.9 Å². The molecule has 2 saturated heterocycles. The number of benzene rings is 2. The summed E-state index contributed by atoms with van der Waals surface area (Å²) in [6.45, 7) is 5.68. The van der Waals surface area contributed by atoms with Crippen molar-refractivity contribution in [2.75, 3.05) is 41.8 Å². The zero-order chi connectivity index (χ0) is 23.4. The maximum absolute atomic E-state index is 13.1. The van der Waals surface area contributed by atoms with Crippen LogP contribution >= 0.6 is 0 Å². The van der Waals surface area contributed by atoms with Gasteiger partial charge in [-0.2, -0.15) is 0 Å². The lowest BCUT2D eigenvalue weighted by molar-refractivity contribution is -0.222. The van der Waals surface area contributed by atoms with Gasteiger partial charge < -0.3 is 29.7 Å². The molecule has 2 N–H and O–H groups in total. The van der Waals surface area contributed by atoms with Gasteiger partial charge in [0.05, 0.1) is 35.8 Å². The molecule has 2 fully saturated rings. The van der Waals surface area contributed by atoms with E-state index in [1.54, 1.807) is 24.3 Å². The van der Waals surface area contributed by atoms with Crippen molar-refractivity contribution in [3.8, 4) is 0 Å². The van der Waals surface area contributed by atoms with Crippen molar-refractivity contribution in [2.24, 2.45) is 0 Å². The van der Waals surface area contributed by atoms with E-state index in [4.69, 9.17) is 14.2 Å². The highest BCUT2D eigenvalue weighted by molar-refractivity contribution is 6.16. The Bertz CT molecular complexity index is 1080. The molecule has 1 amide bonds. The number of nitrogens with one attached hydrogen (secondary N) is 2. The molecule has 0 spiro atoms. The summed E-state index contributed by atoms with van der Waals surface area (Å²) in [5, 5.41) is 5.83. The van der Waals surface area contributed by atoms with Crippen LogP contribution in [-0.2, 0) is 23.8 Å². The summed E-state index contributed by atoms with van der Waals surface area (Å²) in [5.74, 6) is -3.26. The summed E-state index contributed by atoms with van der Waals surface area (Å²) < 4.78 is 15.6. The minimum atomic E-state index is -1.32. The first-order chi connectivity index (χ1) is 15.8. The first-order valence-corrected chi connectivity index (χ1v) is 10.6. The van der Waals surface area contributed by atoms with Crippen LogP contribution in [-0.4, -0.2) is 49.9 Å². The number of ether oxygens (including phenoxy) is 3. The van der Waals surface area contributed by atoms with Gasteiger partial charge in [0, 0.05) is 33.1 Å². The number of cyclic esters (lactones) is 2. The molecular formula is C24H25N3O6. The second-order valence-corrected chi connectivity index (χ2v) is 8.00. The highest BCUT2D eigenvalue weighted by Gasteiger charge is 2.39. The molecule has 4 rings (SSSR count). The number of anilines is 3. The van der Waals surface area contributed by atoms with Crippen LogP contribution in [0.3, 0.4) is 0 Å². The zero-order valence-corrected chi connectivity index (χ0v) is 18.4. The molecule has 0 unspecified atom stereocenters. The number of esters is 2. The molecule has 2 aliphatic heterocycles. The maximum Gasteiger partial charge on any atom is 0.350 e. The van der Waals surface area contributed by atoms with E-state index in [0.29, 0.717) is 30.2 Å². The number of carbonyl (C=O) groups is 3. The normalized spacial score (nSPS) is 17.6. The second kappa shape index (κ2) is 9.33. The predicted octanol–water partition coefficient (Wildman–Crippen LogP) is 2.91. The van der Waals surface area contributed by atoms with Crippen LogP contribution in [0.2, 0.25) is 0 Å². The molecule has 2 aromatic rings. The van der Waals surface area contributed by atoms with E-state index in [0.717, 1.165) is 18.8 Å². The van der Waals surface area contributed by atoms with Crippen LogP contribution in [0.4, 0.5) is 17.1 Å². The zero-order valence-electron chi connectivity index (χ0n) is 18.4. The molecular weight excluding hydrogens is 426 g/mol. The molecule has 0 atom stereocenters. The third-order valence-electron chi connectivity index (χ3n) is 5.16. The van der Waals surface area contributed by atoms with Gasteiger partial charge in [-0.15, -0.1) is 0 Å². The topological polar surface area (TPSA) is 106 Å². The molecule has 9 nitrogen and oxygen atoms in total. The summed E-state index contributed by atoms with van der Waals surface area (Å²) in [6, 6.07) is 14.4. The van der Waals surface area contributed by atoms with Crippen LogP contribution < -0.4 is 15.5 Å². The smallest absolute Gasteiger partial charge is 0.350 e. The SMILES string of the molecule is CC1(C)OC(=O)C(=CNc2ccccc2C(=O)Nc2ccccc2N2CCOCC2)C(=O)O1. The van der Waals surface area contributed by atoms with Gasteiger partial charge in [-0.3, -0.25) is 4.79 Å². The van der Waals surface area contributed by atoms with Crippen molar-refractivity contribution in [3.63, 3.8) is 0 Å². The number of rotatable bonds is 5. The number of hydrogen-bond acceptors (Lipinski definition) is 8. The Morgan fingerprint density at radius 1 is 0.939 bits per heavy atom. The van der Waals surface area contributed by atoms with Crippen LogP contribution in [0, 0.1) is 0 Å². The Morgan fingerprint density at radius 3 is 2.24 bits per heavy atom. The molecule has 0 aromatic heterocycles. The molecule has 0 bridgehead atoms. The van der Waals surface area contributed by atoms with Crippen molar-refractivity contribution >= 4 is 34.9 Å². The second-order valence-electron chi connectivity index (χ2n) is 8.00. The summed E-state index contributed by atoms with van der Waals surface area (Å²) >= 11 is 0. The summed E-state index contributed by atoms with van der Waals surface area (Å²) in [4.78, 5) is 39.6. The largest absolute Gasteiger partial charge is 0.419 e. The Labute approximate surface area is 191 Å². The van der Waals surface area contributed by atoms with Crippen molar-refractivity contribution in [1.82, 2.24) is 0 Å². The van der Waals surface area contributed by atoms with Gasteiger partial charge in [0.1, 0.15) is 0 Å². The lowest BCUT2D eigenvalue weighted by atomic mass is 10.1.